The van der Waals surface area contributed by atoms with Crippen LogP contribution in [0, 0.1) is 0 Å². The zero-order valence-electron chi connectivity index (χ0n) is 10.8. The normalized spacial score (nSPS) is 13.5. The molecule has 1 unspecified atom stereocenters. The van der Waals surface area contributed by atoms with E-state index in [-0.39, 0.29) is 6.04 Å². The van der Waals surface area contributed by atoms with Crippen LogP contribution in [0.2, 0.25) is 0 Å². The molecule has 0 amide bonds. The first-order valence-corrected chi connectivity index (χ1v) is 7.52. The number of rotatable bonds is 7. The van der Waals surface area contributed by atoms with Crippen LogP contribution in [0.5, 0.6) is 0 Å². The Labute approximate surface area is 109 Å². The molecule has 1 aromatic rings. The molecule has 102 valence electrons. The highest BCUT2D eigenvalue weighted by Gasteiger charge is 2.14. The summed E-state index contributed by atoms with van der Waals surface area (Å²) in [7, 11) is -3.43. The molecule has 0 spiro atoms. The van der Waals surface area contributed by atoms with Crippen molar-refractivity contribution in [2.45, 2.75) is 32.9 Å². The molecule has 0 radical (unpaired) electrons. The lowest BCUT2D eigenvalue weighted by molar-refractivity contribution is 0.551. The Kier molecular flexibility index (Phi) is 5.74. The second kappa shape index (κ2) is 6.84. The molecule has 1 atom stereocenters. The van der Waals surface area contributed by atoms with Crippen LogP contribution < -0.4 is 15.2 Å². The second-order valence-corrected chi connectivity index (χ2v) is 5.71. The van der Waals surface area contributed by atoms with Gasteiger partial charge in [-0.3, -0.25) is 0 Å². The van der Waals surface area contributed by atoms with Gasteiger partial charge in [-0.1, -0.05) is 31.2 Å². The second-order valence-electron chi connectivity index (χ2n) is 4.18. The number of nitrogens with one attached hydrogen (secondary N) is 2. The molecule has 6 heteroatoms. The molecule has 0 saturated carbocycles. The van der Waals surface area contributed by atoms with Crippen molar-refractivity contribution in [3.8, 4) is 0 Å². The Bertz CT molecular complexity index is 457. The van der Waals surface area contributed by atoms with E-state index in [2.05, 4.69) is 9.44 Å². The summed E-state index contributed by atoms with van der Waals surface area (Å²) in [6.07, 6.45) is 0.764. The minimum Gasteiger partial charge on any atom is -0.326 e. The van der Waals surface area contributed by atoms with Gasteiger partial charge in [0.1, 0.15) is 0 Å². The maximum absolute atomic E-state index is 11.7. The van der Waals surface area contributed by atoms with Crippen molar-refractivity contribution in [3.05, 3.63) is 35.4 Å². The minimum atomic E-state index is -3.43. The molecule has 5 nitrogen and oxygen atoms in total. The third-order valence-corrected chi connectivity index (χ3v) is 3.84. The first kappa shape index (κ1) is 15.1. The third-order valence-electron chi connectivity index (χ3n) is 2.59. The van der Waals surface area contributed by atoms with Gasteiger partial charge in [-0.25, -0.2) is 4.72 Å². The Morgan fingerprint density at radius 3 is 2.39 bits per heavy atom. The highest BCUT2D eigenvalue weighted by molar-refractivity contribution is 7.87. The van der Waals surface area contributed by atoms with E-state index in [9.17, 15) is 8.42 Å². The fourth-order valence-corrected chi connectivity index (χ4v) is 2.68. The van der Waals surface area contributed by atoms with Crippen molar-refractivity contribution in [3.63, 3.8) is 0 Å². The molecule has 4 N–H and O–H groups in total. The molecule has 0 aliphatic rings. The number of nitrogens with two attached hydrogens (primary N) is 1. The lowest BCUT2D eigenvalue weighted by Crippen LogP contribution is -2.38. The van der Waals surface area contributed by atoms with Gasteiger partial charge in [0.2, 0.25) is 0 Å². The van der Waals surface area contributed by atoms with E-state index in [0.717, 1.165) is 17.5 Å². The minimum absolute atomic E-state index is 0.272. The Hall–Kier alpha value is -0.950. The van der Waals surface area contributed by atoms with E-state index in [1.165, 1.54) is 0 Å². The highest BCUT2D eigenvalue weighted by Crippen LogP contribution is 2.13. The van der Waals surface area contributed by atoms with E-state index >= 15 is 0 Å². The molecule has 0 heterocycles. The van der Waals surface area contributed by atoms with Crippen LogP contribution in [0.4, 0.5) is 0 Å². The van der Waals surface area contributed by atoms with Gasteiger partial charge < -0.3 is 5.73 Å². The van der Waals surface area contributed by atoms with Crippen molar-refractivity contribution in [2.24, 2.45) is 5.73 Å². The average Bonchev–Trinajstić information content (AvgIpc) is 2.36. The number of hydrogen-bond acceptors (Lipinski definition) is 3. The topological polar surface area (TPSA) is 84.2 Å². The summed E-state index contributed by atoms with van der Waals surface area (Å²) in [5.41, 5.74) is 7.45. The lowest BCUT2D eigenvalue weighted by atomic mass is 10.1. The van der Waals surface area contributed by atoms with Crippen molar-refractivity contribution in [1.82, 2.24) is 9.44 Å². The summed E-state index contributed by atoms with van der Waals surface area (Å²) in [6, 6.07) is 7.30. The van der Waals surface area contributed by atoms with Crippen LogP contribution >= 0.6 is 0 Å². The summed E-state index contributed by atoms with van der Waals surface area (Å²) in [5, 5.41) is 0. The van der Waals surface area contributed by atoms with Crippen LogP contribution in [0.3, 0.4) is 0 Å². The predicted molar refractivity (Wildman–Crippen MR) is 73.1 cm³/mol. The van der Waals surface area contributed by atoms with Crippen LogP contribution in [-0.4, -0.2) is 15.0 Å². The Balaban J connectivity index is 2.66. The van der Waals surface area contributed by atoms with E-state index in [4.69, 9.17) is 5.73 Å². The fourth-order valence-electron chi connectivity index (χ4n) is 1.52. The SMILES string of the molecule is CCCNS(=O)(=O)NC(C)c1ccc(CN)cc1. The predicted octanol–water partition coefficient (Wildman–Crippen LogP) is 1.04. The van der Waals surface area contributed by atoms with E-state index in [1.54, 1.807) is 0 Å². The summed E-state index contributed by atoms with van der Waals surface area (Å²) < 4.78 is 28.4. The molecule has 1 rings (SSSR count). The van der Waals surface area contributed by atoms with E-state index < -0.39 is 10.2 Å². The van der Waals surface area contributed by atoms with Gasteiger partial charge in [-0.05, 0) is 24.5 Å². The van der Waals surface area contributed by atoms with Gasteiger partial charge in [0.15, 0.2) is 0 Å². The standard InChI is InChI=1S/C12H21N3O2S/c1-3-8-14-18(16,17)15-10(2)12-6-4-11(9-13)5-7-12/h4-7,10,14-15H,3,8-9,13H2,1-2H3. The van der Waals surface area contributed by atoms with Gasteiger partial charge >= 0.3 is 0 Å². The Morgan fingerprint density at radius 2 is 1.89 bits per heavy atom. The average molecular weight is 271 g/mol. The first-order chi connectivity index (χ1) is 8.48. The van der Waals surface area contributed by atoms with E-state index in [1.807, 2.05) is 38.1 Å². The molecule has 0 bridgehead atoms. The lowest BCUT2D eigenvalue weighted by Gasteiger charge is -2.15. The first-order valence-electron chi connectivity index (χ1n) is 6.04. The third kappa shape index (κ3) is 4.73. The van der Waals surface area contributed by atoms with Gasteiger partial charge in [0.05, 0.1) is 0 Å². The van der Waals surface area contributed by atoms with Crippen LogP contribution in [0.15, 0.2) is 24.3 Å². The Morgan fingerprint density at radius 1 is 1.28 bits per heavy atom. The van der Waals surface area contributed by atoms with Crippen LogP contribution in [0.25, 0.3) is 0 Å². The quantitative estimate of drug-likeness (QED) is 0.693. The van der Waals surface area contributed by atoms with Crippen molar-refractivity contribution in [1.29, 1.82) is 0 Å². The van der Waals surface area contributed by atoms with Crippen molar-refractivity contribution >= 4 is 10.2 Å². The number of benzene rings is 1. The van der Waals surface area contributed by atoms with Gasteiger partial charge in [-0.15, -0.1) is 0 Å². The van der Waals surface area contributed by atoms with Gasteiger partial charge in [-0.2, -0.15) is 13.1 Å². The fraction of sp³-hybridized carbons (Fsp3) is 0.500. The molecular weight excluding hydrogens is 250 g/mol. The molecule has 0 aliphatic heterocycles. The molecule has 1 aromatic carbocycles. The van der Waals surface area contributed by atoms with E-state index in [0.29, 0.717) is 13.1 Å². The molecular formula is C12H21N3O2S. The number of hydrogen-bond donors (Lipinski definition) is 3. The van der Waals surface area contributed by atoms with Crippen LogP contribution in [-0.2, 0) is 16.8 Å². The largest absolute Gasteiger partial charge is 0.326 e. The molecule has 0 fully saturated rings. The molecule has 0 saturated heterocycles. The van der Waals surface area contributed by atoms with Gasteiger partial charge in [0.25, 0.3) is 10.2 Å². The zero-order chi connectivity index (χ0) is 13.6. The molecule has 0 aromatic heterocycles. The van der Waals surface area contributed by atoms with Crippen molar-refractivity contribution in [2.75, 3.05) is 6.54 Å². The van der Waals surface area contributed by atoms with Crippen LogP contribution in [0.1, 0.15) is 37.4 Å². The maximum atomic E-state index is 11.7. The summed E-state index contributed by atoms with van der Waals surface area (Å²) in [4.78, 5) is 0. The summed E-state index contributed by atoms with van der Waals surface area (Å²) >= 11 is 0. The summed E-state index contributed by atoms with van der Waals surface area (Å²) in [6.45, 7) is 4.65. The monoisotopic (exact) mass is 271 g/mol. The highest BCUT2D eigenvalue weighted by atomic mass is 32.2. The van der Waals surface area contributed by atoms with Gasteiger partial charge in [0, 0.05) is 19.1 Å². The molecule has 0 aliphatic carbocycles. The maximum Gasteiger partial charge on any atom is 0.277 e. The van der Waals surface area contributed by atoms with Crippen molar-refractivity contribution < 1.29 is 8.42 Å². The summed E-state index contributed by atoms with van der Waals surface area (Å²) in [5.74, 6) is 0. The molecule has 18 heavy (non-hydrogen) atoms. The smallest absolute Gasteiger partial charge is 0.277 e. The zero-order valence-corrected chi connectivity index (χ0v) is 11.6.